The third-order valence-corrected chi connectivity index (χ3v) is 5.98. The molecule has 2 N–H and O–H groups in total. The highest BCUT2D eigenvalue weighted by atomic mass is 32.2. The number of halogens is 1. The van der Waals surface area contributed by atoms with E-state index in [1.165, 1.54) is 36.4 Å². The molecule has 2 amide bonds. The minimum atomic E-state index is -3.84. The van der Waals surface area contributed by atoms with Crippen molar-refractivity contribution in [2.24, 2.45) is 0 Å². The van der Waals surface area contributed by atoms with E-state index in [-0.39, 0.29) is 16.7 Å². The molecule has 7 nitrogen and oxygen atoms in total. The normalized spacial score (nSPS) is 14.1. The Kier molecular flexibility index (Phi) is 6.48. The van der Waals surface area contributed by atoms with Crippen molar-refractivity contribution in [1.82, 2.24) is 10.2 Å². The van der Waals surface area contributed by atoms with Crippen LogP contribution in [0.4, 0.5) is 10.1 Å². The average molecular weight is 419 g/mol. The molecule has 1 aliphatic rings. The van der Waals surface area contributed by atoms with Gasteiger partial charge in [-0.05, 0) is 61.4 Å². The number of nitrogens with one attached hydrogen (secondary N) is 2. The van der Waals surface area contributed by atoms with Crippen LogP contribution in [0.3, 0.4) is 0 Å². The molecule has 1 aliphatic heterocycles. The lowest BCUT2D eigenvalue weighted by Crippen LogP contribution is -2.30. The Morgan fingerprint density at radius 2 is 1.76 bits per heavy atom. The second-order valence-electron chi connectivity index (χ2n) is 6.73. The number of carbonyl (C=O) groups is 2. The zero-order valence-corrected chi connectivity index (χ0v) is 16.5. The second-order valence-corrected chi connectivity index (χ2v) is 8.41. The van der Waals surface area contributed by atoms with E-state index < -0.39 is 15.8 Å². The van der Waals surface area contributed by atoms with Crippen LogP contribution in [-0.4, -0.2) is 44.8 Å². The number of benzene rings is 2. The highest BCUT2D eigenvalue weighted by molar-refractivity contribution is 7.92. The summed E-state index contributed by atoms with van der Waals surface area (Å²) in [5, 5.41) is 2.79. The van der Waals surface area contributed by atoms with Gasteiger partial charge in [0.25, 0.3) is 15.9 Å². The van der Waals surface area contributed by atoms with Crippen molar-refractivity contribution < 1.29 is 22.4 Å². The summed E-state index contributed by atoms with van der Waals surface area (Å²) in [4.78, 5) is 25.5. The molecule has 2 aromatic rings. The summed E-state index contributed by atoms with van der Waals surface area (Å²) in [7, 11) is -3.84. The van der Waals surface area contributed by atoms with E-state index >= 15 is 0 Å². The number of amides is 2. The summed E-state index contributed by atoms with van der Waals surface area (Å²) in [6, 6.07) is 10.5. The Hall–Kier alpha value is -2.94. The summed E-state index contributed by atoms with van der Waals surface area (Å²) >= 11 is 0. The predicted molar refractivity (Wildman–Crippen MR) is 106 cm³/mol. The zero-order chi connectivity index (χ0) is 20.9. The van der Waals surface area contributed by atoms with Gasteiger partial charge in [-0.1, -0.05) is 0 Å². The summed E-state index contributed by atoms with van der Waals surface area (Å²) in [6.45, 7) is 1.85. The first-order chi connectivity index (χ1) is 13.8. The zero-order valence-electron chi connectivity index (χ0n) is 15.7. The van der Waals surface area contributed by atoms with Crippen molar-refractivity contribution in [3.63, 3.8) is 0 Å². The number of hydrogen-bond acceptors (Lipinski definition) is 4. The van der Waals surface area contributed by atoms with Gasteiger partial charge < -0.3 is 10.2 Å². The molecule has 1 saturated heterocycles. The fourth-order valence-electron chi connectivity index (χ4n) is 3.03. The Labute approximate surface area is 169 Å². The van der Waals surface area contributed by atoms with E-state index in [0.717, 1.165) is 25.1 Å². The van der Waals surface area contributed by atoms with Crippen LogP contribution in [0.1, 0.15) is 29.6 Å². The molecule has 0 bridgehead atoms. The smallest absolute Gasteiger partial charge is 0.261 e. The average Bonchev–Trinajstić information content (AvgIpc) is 3.10. The minimum absolute atomic E-state index is 0.0581. The number of sulfonamides is 1. The van der Waals surface area contributed by atoms with Crippen molar-refractivity contribution in [3.8, 4) is 0 Å². The molecule has 29 heavy (non-hydrogen) atoms. The molecule has 0 saturated carbocycles. The van der Waals surface area contributed by atoms with Crippen LogP contribution < -0.4 is 10.0 Å². The van der Waals surface area contributed by atoms with Crippen LogP contribution in [0.25, 0.3) is 0 Å². The Bertz CT molecular complexity index is 976. The third kappa shape index (κ3) is 5.54. The van der Waals surface area contributed by atoms with Gasteiger partial charge in [0.1, 0.15) is 5.82 Å². The number of anilines is 1. The van der Waals surface area contributed by atoms with Gasteiger partial charge in [-0.2, -0.15) is 0 Å². The number of nitrogens with zero attached hydrogens (tertiary/aromatic N) is 1. The number of hydrogen-bond donors (Lipinski definition) is 2. The molecule has 154 valence electrons. The monoisotopic (exact) mass is 419 g/mol. The van der Waals surface area contributed by atoms with Gasteiger partial charge in [0.15, 0.2) is 0 Å². The SMILES string of the molecule is O=C(NCCCN1CCCC1=O)c1ccc(NS(=O)(=O)c2ccc(F)cc2)cc1. The maximum absolute atomic E-state index is 13.0. The highest BCUT2D eigenvalue weighted by Crippen LogP contribution is 2.17. The second kappa shape index (κ2) is 9.04. The lowest BCUT2D eigenvalue weighted by Gasteiger charge is -2.15. The van der Waals surface area contributed by atoms with Gasteiger partial charge in [-0.25, -0.2) is 12.8 Å². The van der Waals surface area contributed by atoms with Crippen LogP contribution in [0.15, 0.2) is 53.4 Å². The van der Waals surface area contributed by atoms with E-state index in [0.29, 0.717) is 37.2 Å². The van der Waals surface area contributed by atoms with Crippen LogP contribution in [0, 0.1) is 5.82 Å². The Balaban J connectivity index is 1.50. The lowest BCUT2D eigenvalue weighted by atomic mass is 10.2. The molecular weight excluding hydrogens is 397 g/mol. The largest absolute Gasteiger partial charge is 0.352 e. The maximum atomic E-state index is 13.0. The first-order valence-corrected chi connectivity index (χ1v) is 10.8. The van der Waals surface area contributed by atoms with Gasteiger partial charge in [-0.15, -0.1) is 0 Å². The first kappa shape index (κ1) is 20.8. The Morgan fingerprint density at radius 3 is 2.38 bits per heavy atom. The van der Waals surface area contributed by atoms with E-state index in [1.807, 2.05) is 0 Å². The topological polar surface area (TPSA) is 95.6 Å². The van der Waals surface area contributed by atoms with Crippen molar-refractivity contribution >= 4 is 27.5 Å². The van der Waals surface area contributed by atoms with Gasteiger partial charge in [0, 0.05) is 37.3 Å². The summed E-state index contributed by atoms with van der Waals surface area (Å²) in [5.41, 5.74) is 0.686. The van der Waals surface area contributed by atoms with E-state index in [9.17, 15) is 22.4 Å². The predicted octanol–water partition coefficient (Wildman–Crippen LogP) is 2.37. The molecule has 1 heterocycles. The van der Waals surface area contributed by atoms with Crippen molar-refractivity contribution in [3.05, 3.63) is 59.9 Å². The van der Waals surface area contributed by atoms with Crippen LogP contribution in [0.5, 0.6) is 0 Å². The molecule has 2 aromatic carbocycles. The van der Waals surface area contributed by atoms with E-state index in [1.54, 1.807) is 4.90 Å². The first-order valence-electron chi connectivity index (χ1n) is 9.29. The molecule has 0 unspecified atom stereocenters. The summed E-state index contributed by atoms with van der Waals surface area (Å²) in [5.74, 6) is -0.632. The summed E-state index contributed by atoms with van der Waals surface area (Å²) < 4.78 is 39.9. The summed E-state index contributed by atoms with van der Waals surface area (Å²) in [6.07, 6.45) is 2.17. The number of carbonyl (C=O) groups excluding carboxylic acids is 2. The molecule has 0 aromatic heterocycles. The third-order valence-electron chi connectivity index (χ3n) is 4.58. The molecule has 0 atom stereocenters. The van der Waals surface area contributed by atoms with Crippen molar-refractivity contribution in [2.45, 2.75) is 24.2 Å². The van der Waals surface area contributed by atoms with Gasteiger partial charge >= 0.3 is 0 Å². The van der Waals surface area contributed by atoms with Gasteiger partial charge in [-0.3, -0.25) is 14.3 Å². The molecule has 0 radical (unpaired) electrons. The van der Waals surface area contributed by atoms with Crippen molar-refractivity contribution in [2.75, 3.05) is 24.4 Å². The van der Waals surface area contributed by atoms with Crippen LogP contribution >= 0.6 is 0 Å². The molecule has 1 fully saturated rings. The maximum Gasteiger partial charge on any atom is 0.261 e. The fourth-order valence-corrected chi connectivity index (χ4v) is 4.09. The lowest BCUT2D eigenvalue weighted by molar-refractivity contribution is -0.127. The Morgan fingerprint density at radius 1 is 1.07 bits per heavy atom. The van der Waals surface area contributed by atoms with Gasteiger partial charge in [0.05, 0.1) is 4.90 Å². The molecule has 3 rings (SSSR count). The van der Waals surface area contributed by atoms with Crippen LogP contribution in [-0.2, 0) is 14.8 Å². The number of rotatable bonds is 8. The standard InChI is InChI=1S/C20H22FN3O4S/c21-16-6-10-18(11-7-16)29(27,28)23-17-8-4-15(5-9-17)20(26)22-12-2-14-24-13-1-3-19(24)25/h4-11,23H,1-3,12-14H2,(H,22,26). The molecule has 0 aliphatic carbocycles. The van der Waals surface area contributed by atoms with Crippen LogP contribution in [0.2, 0.25) is 0 Å². The van der Waals surface area contributed by atoms with E-state index in [2.05, 4.69) is 10.0 Å². The van der Waals surface area contributed by atoms with E-state index in [4.69, 9.17) is 0 Å². The molecule has 0 spiro atoms. The number of likely N-dealkylation sites (tertiary alicyclic amines) is 1. The molecular formula is C20H22FN3O4S. The van der Waals surface area contributed by atoms with Gasteiger partial charge in [0.2, 0.25) is 5.91 Å². The fraction of sp³-hybridized carbons (Fsp3) is 0.300. The molecule has 9 heteroatoms. The quantitative estimate of drug-likeness (QED) is 0.642. The van der Waals surface area contributed by atoms with Crippen molar-refractivity contribution in [1.29, 1.82) is 0 Å². The highest BCUT2D eigenvalue weighted by Gasteiger charge is 2.19. The minimum Gasteiger partial charge on any atom is -0.352 e.